The highest BCUT2D eigenvalue weighted by Gasteiger charge is 2.27. The quantitative estimate of drug-likeness (QED) is 0.831. The summed E-state index contributed by atoms with van der Waals surface area (Å²) >= 11 is 3.55. The van der Waals surface area contributed by atoms with Crippen LogP contribution in [0.15, 0.2) is 41.0 Å². The number of halogens is 1. The SMILES string of the molecule is COc1ccc(Br)cc1CN1CCOCC1c1cccn1C. The first-order valence-electron chi connectivity index (χ1n) is 7.44. The lowest BCUT2D eigenvalue weighted by atomic mass is 10.1. The van der Waals surface area contributed by atoms with Crippen molar-refractivity contribution in [3.05, 3.63) is 52.3 Å². The van der Waals surface area contributed by atoms with E-state index >= 15 is 0 Å². The van der Waals surface area contributed by atoms with Gasteiger partial charge in [-0.05, 0) is 30.3 Å². The summed E-state index contributed by atoms with van der Waals surface area (Å²) in [4.78, 5) is 2.46. The van der Waals surface area contributed by atoms with Crippen LogP contribution in [-0.2, 0) is 18.3 Å². The monoisotopic (exact) mass is 364 g/mol. The van der Waals surface area contributed by atoms with E-state index in [-0.39, 0.29) is 6.04 Å². The third kappa shape index (κ3) is 3.21. The zero-order valence-electron chi connectivity index (χ0n) is 13.0. The van der Waals surface area contributed by atoms with Crippen LogP contribution in [0.1, 0.15) is 17.3 Å². The van der Waals surface area contributed by atoms with Gasteiger partial charge in [-0.2, -0.15) is 0 Å². The van der Waals surface area contributed by atoms with Gasteiger partial charge in [-0.3, -0.25) is 4.90 Å². The van der Waals surface area contributed by atoms with Crippen molar-refractivity contribution in [3.8, 4) is 5.75 Å². The first-order valence-corrected chi connectivity index (χ1v) is 8.24. The summed E-state index contributed by atoms with van der Waals surface area (Å²) in [5.74, 6) is 0.931. The van der Waals surface area contributed by atoms with Crippen LogP contribution in [0.3, 0.4) is 0 Å². The van der Waals surface area contributed by atoms with Gasteiger partial charge >= 0.3 is 0 Å². The highest BCUT2D eigenvalue weighted by molar-refractivity contribution is 9.10. The molecule has 1 aliphatic rings. The molecule has 5 heteroatoms. The van der Waals surface area contributed by atoms with Crippen molar-refractivity contribution in [1.82, 2.24) is 9.47 Å². The van der Waals surface area contributed by atoms with E-state index in [9.17, 15) is 0 Å². The molecule has 0 aliphatic carbocycles. The molecule has 0 N–H and O–H groups in total. The molecule has 0 radical (unpaired) electrons. The number of rotatable bonds is 4. The molecule has 0 amide bonds. The van der Waals surface area contributed by atoms with Gasteiger partial charge in [0.1, 0.15) is 5.75 Å². The Morgan fingerprint density at radius 2 is 2.23 bits per heavy atom. The van der Waals surface area contributed by atoms with Crippen LogP contribution >= 0.6 is 15.9 Å². The van der Waals surface area contributed by atoms with E-state index in [4.69, 9.17) is 9.47 Å². The van der Waals surface area contributed by atoms with E-state index in [0.717, 1.165) is 36.5 Å². The number of methoxy groups -OCH3 is 1. The predicted octanol–water partition coefficient (Wildman–Crippen LogP) is 3.37. The van der Waals surface area contributed by atoms with Crippen molar-refractivity contribution in [3.63, 3.8) is 0 Å². The number of aromatic nitrogens is 1. The van der Waals surface area contributed by atoms with Gasteiger partial charge in [0.15, 0.2) is 0 Å². The van der Waals surface area contributed by atoms with Crippen molar-refractivity contribution < 1.29 is 9.47 Å². The Labute approximate surface area is 139 Å². The number of hydrogen-bond acceptors (Lipinski definition) is 3. The number of aryl methyl sites for hydroxylation is 1. The fourth-order valence-electron chi connectivity index (χ4n) is 3.01. The minimum atomic E-state index is 0.275. The number of hydrogen-bond donors (Lipinski definition) is 0. The second kappa shape index (κ2) is 6.86. The van der Waals surface area contributed by atoms with Gasteiger partial charge in [0.05, 0.1) is 26.4 Å². The van der Waals surface area contributed by atoms with E-state index in [2.05, 4.69) is 56.8 Å². The van der Waals surface area contributed by atoms with Gasteiger partial charge in [-0.15, -0.1) is 0 Å². The lowest BCUT2D eigenvalue weighted by molar-refractivity contribution is -0.0154. The number of benzene rings is 1. The van der Waals surface area contributed by atoms with Crippen molar-refractivity contribution in [1.29, 1.82) is 0 Å². The maximum absolute atomic E-state index is 5.71. The Morgan fingerprint density at radius 1 is 1.36 bits per heavy atom. The largest absolute Gasteiger partial charge is 0.496 e. The summed E-state index contributed by atoms with van der Waals surface area (Å²) in [7, 11) is 3.81. The third-order valence-electron chi connectivity index (χ3n) is 4.18. The summed E-state index contributed by atoms with van der Waals surface area (Å²) < 4.78 is 14.5. The van der Waals surface area contributed by atoms with Gasteiger partial charge in [-0.25, -0.2) is 0 Å². The lowest BCUT2D eigenvalue weighted by Gasteiger charge is -2.36. The molecule has 1 aliphatic heterocycles. The second-order valence-electron chi connectivity index (χ2n) is 5.56. The Balaban J connectivity index is 1.86. The Hall–Kier alpha value is -1.30. The summed E-state index contributed by atoms with van der Waals surface area (Å²) in [6, 6.07) is 10.7. The van der Waals surface area contributed by atoms with Crippen molar-refractivity contribution in [2.45, 2.75) is 12.6 Å². The van der Waals surface area contributed by atoms with Crippen LogP contribution in [-0.4, -0.2) is 36.3 Å². The summed E-state index contributed by atoms with van der Waals surface area (Å²) in [5.41, 5.74) is 2.48. The smallest absolute Gasteiger partial charge is 0.123 e. The van der Waals surface area contributed by atoms with Gasteiger partial charge in [0, 0.05) is 42.1 Å². The second-order valence-corrected chi connectivity index (χ2v) is 6.48. The lowest BCUT2D eigenvalue weighted by Crippen LogP contribution is -2.39. The predicted molar refractivity (Wildman–Crippen MR) is 90.1 cm³/mol. The van der Waals surface area contributed by atoms with Crippen LogP contribution in [0.5, 0.6) is 5.75 Å². The standard InChI is InChI=1S/C17H21BrN2O2/c1-19-7-3-4-15(19)16-12-22-9-8-20(16)11-13-10-14(18)5-6-17(13)21-2/h3-7,10,16H,8-9,11-12H2,1-2H3. The minimum absolute atomic E-state index is 0.275. The molecule has 2 aromatic rings. The maximum Gasteiger partial charge on any atom is 0.123 e. The Kier molecular flexibility index (Phi) is 4.86. The highest BCUT2D eigenvalue weighted by atomic mass is 79.9. The Bertz CT molecular complexity index is 641. The molecule has 0 bridgehead atoms. The fraction of sp³-hybridized carbons (Fsp3) is 0.412. The van der Waals surface area contributed by atoms with Crippen LogP contribution < -0.4 is 4.74 Å². The Morgan fingerprint density at radius 3 is 2.95 bits per heavy atom. The molecular weight excluding hydrogens is 344 g/mol. The summed E-state index contributed by atoms with van der Waals surface area (Å²) in [6.45, 7) is 3.28. The molecule has 1 atom stereocenters. The van der Waals surface area contributed by atoms with Crippen LogP contribution in [0.25, 0.3) is 0 Å². The van der Waals surface area contributed by atoms with E-state index in [1.165, 1.54) is 11.3 Å². The van der Waals surface area contributed by atoms with Gasteiger partial charge in [-0.1, -0.05) is 15.9 Å². The number of ether oxygens (including phenoxy) is 2. The molecule has 1 fully saturated rings. The van der Waals surface area contributed by atoms with Gasteiger partial charge < -0.3 is 14.0 Å². The molecule has 2 heterocycles. The molecule has 4 nitrogen and oxygen atoms in total. The molecule has 1 aromatic heterocycles. The van der Waals surface area contributed by atoms with Crippen molar-refractivity contribution in [2.24, 2.45) is 7.05 Å². The average molecular weight is 365 g/mol. The normalized spacial score (nSPS) is 19.3. The zero-order valence-corrected chi connectivity index (χ0v) is 14.5. The van der Waals surface area contributed by atoms with Gasteiger partial charge in [0.25, 0.3) is 0 Å². The number of morpholine rings is 1. The first-order chi connectivity index (χ1) is 10.7. The molecule has 0 spiro atoms. The molecule has 3 rings (SSSR count). The minimum Gasteiger partial charge on any atom is -0.496 e. The van der Waals surface area contributed by atoms with E-state index in [1.807, 2.05) is 12.1 Å². The van der Waals surface area contributed by atoms with E-state index < -0.39 is 0 Å². The molecule has 1 unspecified atom stereocenters. The summed E-state index contributed by atoms with van der Waals surface area (Å²) in [5, 5.41) is 0. The molecule has 118 valence electrons. The van der Waals surface area contributed by atoms with Crippen LogP contribution in [0.2, 0.25) is 0 Å². The van der Waals surface area contributed by atoms with Crippen LogP contribution in [0, 0.1) is 0 Å². The van der Waals surface area contributed by atoms with Crippen LogP contribution in [0.4, 0.5) is 0 Å². The third-order valence-corrected chi connectivity index (χ3v) is 4.67. The number of nitrogens with zero attached hydrogens (tertiary/aromatic N) is 2. The molecular formula is C17H21BrN2O2. The van der Waals surface area contributed by atoms with Gasteiger partial charge in [0.2, 0.25) is 0 Å². The first kappa shape index (κ1) is 15.6. The van der Waals surface area contributed by atoms with E-state index in [1.54, 1.807) is 7.11 Å². The van der Waals surface area contributed by atoms with Crippen molar-refractivity contribution >= 4 is 15.9 Å². The average Bonchev–Trinajstić information content (AvgIpc) is 2.94. The maximum atomic E-state index is 5.71. The molecule has 22 heavy (non-hydrogen) atoms. The molecule has 1 aromatic carbocycles. The molecule has 1 saturated heterocycles. The van der Waals surface area contributed by atoms with Crippen molar-refractivity contribution in [2.75, 3.05) is 26.9 Å². The zero-order chi connectivity index (χ0) is 15.5. The van der Waals surface area contributed by atoms with E-state index in [0.29, 0.717) is 0 Å². The topological polar surface area (TPSA) is 26.6 Å². The highest BCUT2D eigenvalue weighted by Crippen LogP contribution is 2.30. The summed E-state index contributed by atoms with van der Waals surface area (Å²) in [6.07, 6.45) is 2.09. The fourth-order valence-corrected chi connectivity index (χ4v) is 3.42. The molecule has 0 saturated carbocycles.